The summed E-state index contributed by atoms with van der Waals surface area (Å²) in [6.45, 7) is -1.56. The molecule has 1 aromatic rings. The van der Waals surface area contributed by atoms with E-state index in [1.807, 2.05) is 0 Å². The molecule has 1 saturated heterocycles. The summed E-state index contributed by atoms with van der Waals surface area (Å²) < 4.78 is 34.4. The van der Waals surface area contributed by atoms with E-state index in [1.165, 1.54) is 6.07 Å². The molecule has 0 saturated carbocycles. The fraction of sp³-hybridized carbons (Fsp3) is 0.533. The Balaban J connectivity index is 2.01. The van der Waals surface area contributed by atoms with Gasteiger partial charge in [-0.1, -0.05) is 18.2 Å². The number of hydrogen-bond acceptors (Lipinski definition) is 4. The van der Waals surface area contributed by atoms with Gasteiger partial charge in [0.1, 0.15) is 5.75 Å². The van der Waals surface area contributed by atoms with Crippen LogP contribution in [0.5, 0.6) is 5.75 Å². The molecule has 1 heterocycles. The van der Waals surface area contributed by atoms with Crippen LogP contribution in [0.2, 0.25) is 0 Å². The standard InChI is InChI=1S/C15H20F2N2O3/c16-14(17)22-12-4-2-1-3-11(12)9-19-13(20)15(10-18)5-7-21-8-6-15/h1-4,14H,5-10,18H2,(H,19,20). The van der Waals surface area contributed by atoms with Gasteiger partial charge in [0.2, 0.25) is 5.91 Å². The molecular formula is C15H20F2N2O3. The van der Waals surface area contributed by atoms with E-state index in [-0.39, 0.29) is 24.7 Å². The molecule has 1 amide bonds. The molecule has 7 heteroatoms. The quantitative estimate of drug-likeness (QED) is 0.837. The maximum absolute atomic E-state index is 12.4. The highest BCUT2D eigenvalue weighted by molar-refractivity contribution is 5.83. The van der Waals surface area contributed by atoms with Crippen molar-refractivity contribution in [1.29, 1.82) is 0 Å². The van der Waals surface area contributed by atoms with Gasteiger partial charge in [0, 0.05) is 31.9 Å². The van der Waals surface area contributed by atoms with E-state index in [2.05, 4.69) is 10.1 Å². The molecule has 0 radical (unpaired) electrons. The zero-order chi connectivity index (χ0) is 16.0. The summed E-state index contributed by atoms with van der Waals surface area (Å²) in [7, 11) is 0. The van der Waals surface area contributed by atoms with Gasteiger partial charge >= 0.3 is 6.61 Å². The number of ether oxygens (including phenoxy) is 2. The maximum atomic E-state index is 12.4. The van der Waals surface area contributed by atoms with Crippen LogP contribution < -0.4 is 15.8 Å². The van der Waals surface area contributed by atoms with Crippen molar-refractivity contribution in [3.05, 3.63) is 29.8 Å². The number of halogens is 2. The van der Waals surface area contributed by atoms with Crippen molar-refractivity contribution in [2.75, 3.05) is 19.8 Å². The van der Waals surface area contributed by atoms with Crippen LogP contribution >= 0.6 is 0 Å². The smallest absolute Gasteiger partial charge is 0.387 e. The average Bonchev–Trinajstić information content (AvgIpc) is 2.54. The van der Waals surface area contributed by atoms with E-state index in [0.29, 0.717) is 31.6 Å². The van der Waals surface area contributed by atoms with Crippen LogP contribution in [0.4, 0.5) is 8.78 Å². The first-order valence-electron chi connectivity index (χ1n) is 7.16. The lowest BCUT2D eigenvalue weighted by Crippen LogP contribution is -2.49. The lowest BCUT2D eigenvalue weighted by atomic mass is 9.79. The fourth-order valence-electron chi connectivity index (χ4n) is 2.51. The van der Waals surface area contributed by atoms with E-state index >= 15 is 0 Å². The molecule has 1 aliphatic rings. The van der Waals surface area contributed by atoms with E-state index in [0.717, 1.165) is 0 Å². The summed E-state index contributed by atoms with van der Waals surface area (Å²) in [4.78, 5) is 12.4. The van der Waals surface area contributed by atoms with Crippen molar-refractivity contribution < 1.29 is 23.0 Å². The number of benzene rings is 1. The zero-order valence-corrected chi connectivity index (χ0v) is 12.2. The molecule has 2 rings (SSSR count). The van der Waals surface area contributed by atoms with Crippen LogP contribution in [0, 0.1) is 5.41 Å². The largest absolute Gasteiger partial charge is 0.434 e. The summed E-state index contributed by atoms with van der Waals surface area (Å²) >= 11 is 0. The van der Waals surface area contributed by atoms with Crippen molar-refractivity contribution in [2.24, 2.45) is 11.1 Å². The number of rotatable bonds is 6. The van der Waals surface area contributed by atoms with Gasteiger partial charge in [-0.2, -0.15) is 8.78 Å². The molecule has 1 aromatic carbocycles. The molecule has 0 aliphatic carbocycles. The molecule has 1 aliphatic heterocycles. The van der Waals surface area contributed by atoms with Crippen molar-refractivity contribution in [1.82, 2.24) is 5.32 Å². The van der Waals surface area contributed by atoms with Crippen LogP contribution in [0.1, 0.15) is 18.4 Å². The van der Waals surface area contributed by atoms with Crippen molar-refractivity contribution in [2.45, 2.75) is 26.0 Å². The summed E-state index contributed by atoms with van der Waals surface area (Å²) in [5.74, 6) is -0.114. The van der Waals surface area contributed by atoms with Gasteiger partial charge in [-0.3, -0.25) is 4.79 Å². The van der Waals surface area contributed by atoms with Crippen molar-refractivity contribution in [3.8, 4) is 5.75 Å². The van der Waals surface area contributed by atoms with Crippen molar-refractivity contribution >= 4 is 5.91 Å². The van der Waals surface area contributed by atoms with Crippen LogP contribution in [0.3, 0.4) is 0 Å². The molecule has 22 heavy (non-hydrogen) atoms. The number of nitrogens with one attached hydrogen (secondary N) is 1. The van der Waals surface area contributed by atoms with Gasteiger partial charge in [0.25, 0.3) is 0 Å². The molecule has 3 N–H and O–H groups in total. The van der Waals surface area contributed by atoms with Crippen LogP contribution in [-0.4, -0.2) is 32.3 Å². The second-order valence-corrected chi connectivity index (χ2v) is 5.27. The van der Waals surface area contributed by atoms with Gasteiger partial charge in [0.05, 0.1) is 5.41 Å². The second-order valence-electron chi connectivity index (χ2n) is 5.27. The lowest BCUT2D eigenvalue weighted by molar-refractivity contribution is -0.136. The highest BCUT2D eigenvalue weighted by Crippen LogP contribution is 2.30. The summed E-state index contributed by atoms with van der Waals surface area (Å²) in [6, 6.07) is 6.38. The first kappa shape index (κ1) is 16.6. The summed E-state index contributed by atoms with van der Waals surface area (Å²) in [5.41, 5.74) is 5.62. The Hall–Kier alpha value is -1.73. The highest BCUT2D eigenvalue weighted by Gasteiger charge is 2.38. The average molecular weight is 314 g/mol. The van der Waals surface area contributed by atoms with Gasteiger partial charge in [-0.25, -0.2) is 0 Å². The minimum absolute atomic E-state index is 0.0616. The monoisotopic (exact) mass is 314 g/mol. The van der Waals surface area contributed by atoms with Crippen molar-refractivity contribution in [3.63, 3.8) is 0 Å². The number of hydrogen-bond donors (Lipinski definition) is 2. The molecule has 0 unspecified atom stereocenters. The topological polar surface area (TPSA) is 73.6 Å². The minimum Gasteiger partial charge on any atom is -0.434 e. The number of carbonyl (C=O) groups excluding carboxylic acids is 1. The van der Waals surface area contributed by atoms with E-state index in [4.69, 9.17) is 10.5 Å². The van der Waals surface area contributed by atoms with Gasteiger partial charge in [-0.05, 0) is 18.9 Å². The van der Waals surface area contributed by atoms with E-state index in [9.17, 15) is 13.6 Å². The third-order valence-electron chi connectivity index (χ3n) is 3.95. The van der Waals surface area contributed by atoms with Gasteiger partial charge in [-0.15, -0.1) is 0 Å². The summed E-state index contributed by atoms with van der Waals surface area (Å²) in [5, 5.41) is 2.77. The predicted molar refractivity (Wildman–Crippen MR) is 76.5 cm³/mol. The third kappa shape index (κ3) is 3.92. The van der Waals surface area contributed by atoms with E-state index in [1.54, 1.807) is 18.2 Å². The number of carbonyl (C=O) groups is 1. The number of para-hydroxylation sites is 1. The van der Waals surface area contributed by atoms with Gasteiger partial charge in [0.15, 0.2) is 0 Å². The van der Waals surface area contributed by atoms with Crippen LogP contribution in [-0.2, 0) is 16.1 Å². The zero-order valence-electron chi connectivity index (χ0n) is 12.2. The second kappa shape index (κ2) is 7.51. The SMILES string of the molecule is NCC1(C(=O)NCc2ccccc2OC(F)F)CCOCC1. The highest BCUT2D eigenvalue weighted by atomic mass is 19.3. The minimum atomic E-state index is -2.90. The van der Waals surface area contributed by atoms with Crippen LogP contribution in [0.25, 0.3) is 0 Å². The Morgan fingerprint density at radius 1 is 1.36 bits per heavy atom. The Kier molecular flexibility index (Phi) is 5.68. The summed E-state index contributed by atoms with van der Waals surface area (Å²) in [6.07, 6.45) is 1.12. The molecule has 0 bridgehead atoms. The normalized spacial score (nSPS) is 17.3. The first-order chi connectivity index (χ1) is 10.6. The molecule has 122 valence electrons. The third-order valence-corrected chi connectivity index (χ3v) is 3.95. The molecule has 1 fully saturated rings. The molecule has 5 nitrogen and oxygen atoms in total. The molecule has 0 atom stereocenters. The molecule has 0 spiro atoms. The predicted octanol–water partition coefficient (Wildman–Crippen LogP) is 1.66. The lowest BCUT2D eigenvalue weighted by Gasteiger charge is -2.34. The number of amides is 1. The molecule has 0 aromatic heterocycles. The van der Waals surface area contributed by atoms with Gasteiger partial charge < -0.3 is 20.5 Å². The van der Waals surface area contributed by atoms with Crippen LogP contribution in [0.15, 0.2) is 24.3 Å². The Morgan fingerprint density at radius 2 is 2.05 bits per heavy atom. The Bertz CT molecular complexity index is 505. The number of alkyl halides is 2. The Labute approximate surface area is 127 Å². The first-order valence-corrected chi connectivity index (χ1v) is 7.16. The molecular weight excluding hydrogens is 294 g/mol. The fourth-order valence-corrected chi connectivity index (χ4v) is 2.51. The maximum Gasteiger partial charge on any atom is 0.387 e. The Morgan fingerprint density at radius 3 is 2.68 bits per heavy atom. The van der Waals surface area contributed by atoms with E-state index < -0.39 is 12.0 Å². The number of nitrogens with two attached hydrogens (primary N) is 1.